The smallest absolute Gasteiger partial charge is 0.236 e. The molecular formula is C13H15ClN2O3S. The first-order valence-electron chi connectivity index (χ1n) is 6.15. The minimum absolute atomic E-state index is 0.308. The van der Waals surface area contributed by atoms with E-state index in [-0.39, 0.29) is 0 Å². The third-order valence-electron chi connectivity index (χ3n) is 3.18. The third kappa shape index (κ3) is 3.20. The molecule has 7 heteroatoms. The quantitative estimate of drug-likeness (QED) is 0.916. The van der Waals surface area contributed by atoms with Crippen LogP contribution >= 0.6 is 11.6 Å². The monoisotopic (exact) mass is 314 g/mol. The summed E-state index contributed by atoms with van der Waals surface area (Å²) in [5.74, 6) is -0.614. The molecule has 20 heavy (non-hydrogen) atoms. The van der Waals surface area contributed by atoms with Crippen molar-refractivity contribution in [1.82, 2.24) is 4.31 Å². The number of carbonyl (C=O) groups is 1. The molecule has 1 atom stereocenters. The normalized spacial score (nSPS) is 20.6. The molecule has 108 valence electrons. The van der Waals surface area contributed by atoms with Crippen LogP contribution in [-0.2, 0) is 14.8 Å². The van der Waals surface area contributed by atoms with Crippen LogP contribution < -0.4 is 5.73 Å². The molecular weight excluding hydrogens is 300 g/mol. The zero-order chi connectivity index (χ0) is 14.8. The molecule has 0 bridgehead atoms. The predicted octanol–water partition coefficient (Wildman–Crippen LogP) is 1.59. The van der Waals surface area contributed by atoms with Gasteiger partial charge in [0.25, 0.3) is 0 Å². The van der Waals surface area contributed by atoms with Gasteiger partial charge in [-0.05, 0) is 30.5 Å². The van der Waals surface area contributed by atoms with Crippen LogP contribution in [0.3, 0.4) is 0 Å². The Kier molecular flexibility index (Phi) is 4.47. The number of halogens is 1. The van der Waals surface area contributed by atoms with Gasteiger partial charge in [-0.1, -0.05) is 29.8 Å². The Morgan fingerprint density at radius 3 is 2.75 bits per heavy atom. The van der Waals surface area contributed by atoms with E-state index in [1.165, 1.54) is 6.08 Å². The van der Waals surface area contributed by atoms with Gasteiger partial charge >= 0.3 is 0 Å². The van der Waals surface area contributed by atoms with Gasteiger partial charge in [0.2, 0.25) is 15.9 Å². The third-order valence-corrected chi connectivity index (χ3v) is 5.10. The van der Waals surface area contributed by atoms with E-state index >= 15 is 0 Å². The van der Waals surface area contributed by atoms with Crippen molar-refractivity contribution in [2.75, 3.05) is 6.54 Å². The fourth-order valence-corrected chi connectivity index (χ4v) is 3.80. The maximum atomic E-state index is 12.2. The highest BCUT2D eigenvalue weighted by molar-refractivity contribution is 7.92. The second-order valence-corrected chi connectivity index (χ2v) is 6.72. The van der Waals surface area contributed by atoms with Gasteiger partial charge in [0.1, 0.15) is 6.04 Å². The van der Waals surface area contributed by atoms with Gasteiger partial charge < -0.3 is 5.73 Å². The van der Waals surface area contributed by atoms with Crippen LogP contribution in [0.2, 0.25) is 5.02 Å². The molecule has 1 heterocycles. The lowest BCUT2D eigenvalue weighted by Crippen LogP contribution is -2.42. The fourth-order valence-electron chi connectivity index (χ4n) is 2.18. The molecule has 0 saturated carbocycles. The Labute approximate surface area is 123 Å². The highest BCUT2D eigenvalue weighted by Crippen LogP contribution is 2.23. The molecule has 0 spiro atoms. The van der Waals surface area contributed by atoms with Crippen LogP contribution in [-0.4, -0.2) is 31.2 Å². The largest absolute Gasteiger partial charge is 0.368 e. The molecule has 1 saturated heterocycles. The van der Waals surface area contributed by atoms with Crippen LogP contribution in [0, 0.1) is 0 Å². The van der Waals surface area contributed by atoms with E-state index < -0.39 is 22.0 Å². The fraction of sp³-hybridized carbons (Fsp3) is 0.308. The number of hydrogen-bond acceptors (Lipinski definition) is 3. The second kappa shape index (κ2) is 5.95. The number of nitrogens with two attached hydrogens (primary N) is 1. The number of benzene rings is 1. The van der Waals surface area contributed by atoms with Crippen molar-refractivity contribution < 1.29 is 13.2 Å². The highest BCUT2D eigenvalue weighted by Gasteiger charge is 2.36. The summed E-state index contributed by atoms with van der Waals surface area (Å²) in [6, 6.07) is 6.16. The molecule has 1 fully saturated rings. The Balaban J connectivity index is 2.23. The molecule has 0 unspecified atom stereocenters. The van der Waals surface area contributed by atoms with Crippen molar-refractivity contribution in [2.24, 2.45) is 5.73 Å². The lowest BCUT2D eigenvalue weighted by Gasteiger charge is -2.19. The average Bonchev–Trinajstić information content (AvgIpc) is 2.88. The van der Waals surface area contributed by atoms with Crippen LogP contribution in [0.1, 0.15) is 18.4 Å². The van der Waals surface area contributed by atoms with Gasteiger partial charge in [0.15, 0.2) is 0 Å². The van der Waals surface area contributed by atoms with E-state index in [0.29, 0.717) is 30.0 Å². The average molecular weight is 315 g/mol. The standard InChI is InChI=1S/C13H15ClN2O3S/c14-11-5-2-1-4-10(11)7-9-20(18,19)16-8-3-6-12(16)13(15)17/h1-2,4-5,7,9,12H,3,6,8H2,(H2,15,17)/b9-7+/t12-/m1/s1. The molecule has 1 aromatic carbocycles. The number of rotatable bonds is 4. The minimum Gasteiger partial charge on any atom is -0.368 e. The summed E-state index contributed by atoms with van der Waals surface area (Å²) in [6.07, 6.45) is 2.52. The molecule has 0 radical (unpaired) electrons. The van der Waals surface area contributed by atoms with Gasteiger partial charge in [-0.3, -0.25) is 4.79 Å². The van der Waals surface area contributed by atoms with Crippen molar-refractivity contribution >= 4 is 33.6 Å². The minimum atomic E-state index is -3.68. The molecule has 2 rings (SSSR count). The molecule has 1 aromatic rings. The number of sulfonamides is 1. The van der Waals surface area contributed by atoms with E-state index in [1.807, 2.05) is 0 Å². The topological polar surface area (TPSA) is 80.5 Å². The Hall–Kier alpha value is -1.37. The Morgan fingerprint density at radius 2 is 2.10 bits per heavy atom. The van der Waals surface area contributed by atoms with Crippen LogP contribution in [0.15, 0.2) is 29.7 Å². The lowest BCUT2D eigenvalue weighted by atomic mass is 10.2. The number of hydrogen-bond donors (Lipinski definition) is 1. The van der Waals surface area contributed by atoms with Crippen molar-refractivity contribution in [3.05, 3.63) is 40.3 Å². The van der Waals surface area contributed by atoms with Crippen LogP contribution in [0.25, 0.3) is 6.08 Å². The van der Waals surface area contributed by atoms with Gasteiger partial charge in [-0.15, -0.1) is 0 Å². The zero-order valence-electron chi connectivity index (χ0n) is 10.7. The maximum Gasteiger partial charge on any atom is 0.236 e. The van der Waals surface area contributed by atoms with Gasteiger partial charge in [0, 0.05) is 17.0 Å². The molecule has 2 N–H and O–H groups in total. The van der Waals surface area contributed by atoms with Gasteiger partial charge in [-0.25, -0.2) is 8.42 Å². The van der Waals surface area contributed by atoms with E-state index in [4.69, 9.17) is 17.3 Å². The molecule has 0 aliphatic carbocycles. The van der Waals surface area contributed by atoms with E-state index in [9.17, 15) is 13.2 Å². The summed E-state index contributed by atoms with van der Waals surface area (Å²) in [6.45, 7) is 0.308. The number of carbonyl (C=O) groups excluding carboxylic acids is 1. The Morgan fingerprint density at radius 1 is 1.40 bits per heavy atom. The van der Waals surface area contributed by atoms with E-state index in [0.717, 1.165) is 9.71 Å². The van der Waals surface area contributed by atoms with Gasteiger partial charge in [0.05, 0.1) is 0 Å². The summed E-state index contributed by atoms with van der Waals surface area (Å²) in [4.78, 5) is 11.3. The summed E-state index contributed by atoms with van der Waals surface area (Å²) in [7, 11) is -3.68. The van der Waals surface area contributed by atoms with Crippen molar-refractivity contribution in [3.63, 3.8) is 0 Å². The molecule has 1 aliphatic heterocycles. The number of nitrogens with zero attached hydrogens (tertiary/aromatic N) is 1. The summed E-state index contributed by atoms with van der Waals surface area (Å²) in [5.41, 5.74) is 5.83. The molecule has 5 nitrogen and oxygen atoms in total. The molecule has 0 aromatic heterocycles. The van der Waals surface area contributed by atoms with Gasteiger partial charge in [-0.2, -0.15) is 4.31 Å². The lowest BCUT2D eigenvalue weighted by molar-refractivity contribution is -0.121. The van der Waals surface area contributed by atoms with Crippen LogP contribution in [0.4, 0.5) is 0 Å². The van der Waals surface area contributed by atoms with Crippen molar-refractivity contribution in [3.8, 4) is 0 Å². The molecule has 1 aliphatic rings. The zero-order valence-corrected chi connectivity index (χ0v) is 12.3. The highest BCUT2D eigenvalue weighted by atomic mass is 35.5. The first-order chi connectivity index (χ1) is 9.42. The first kappa shape index (κ1) is 15.0. The predicted molar refractivity (Wildman–Crippen MR) is 78.3 cm³/mol. The van der Waals surface area contributed by atoms with E-state index in [1.54, 1.807) is 24.3 Å². The summed E-state index contributed by atoms with van der Waals surface area (Å²) >= 11 is 5.96. The Bertz CT molecular complexity index is 643. The van der Waals surface area contributed by atoms with Crippen molar-refractivity contribution in [2.45, 2.75) is 18.9 Å². The second-order valence-electron chi connectivity index (χ2n) is 4.54. The number of amides is 1. The number of primary amides is 1. The first-order valence-corrected chi connectivity index (χ1v) is 8.04. The van der Waals surface area contributed by atoms with Crippen LogP contribution in [0.5, 0.6) is 0 Å². The van der Waals surface area contributed by atoms with Crippen molar-refractivity contribution in [1.29, 1.82) is 0 Å². The summed E-state index contributed by atoms with van der Waals surface area (Å²) in [5, 5.41) is 1.53. The van der Waals surface area contributed by atoms with E-state index in [2.05, 4.69) is 0 Å². The molecule has 1 amide bonds. The maximum absolute atomic E-state index is 12.2. The summed E-state index contributed by atoms with van der Waals surface area (Å²) < 4.78 is 25.6. The SMILES string of the molecule is NC(=O)[C@H]1CCCN1S(=O)(=O)/C=C/c1ccccc1Cl.